The van der Waals surface area contributed by atoms with Crippen molar-refractivity contribution in [3.05, 3.63) is 76.8 Å². The molecule has 0 aliphatic heterocycles. The standard InChI is InChI=1S/C20H16N2O2/c1-2-21-19-6-4-3-5-17(19)18-13-15(9-12-20(18)21)14-7-10-16(11-8-14)22(23)24/h3-13H,2H2,1H3. The van der Waals surface area contributed by atoms with Crippen LogP contribution in [0.2, 0.25) is 0 Å². The summed E-state index contributed by atoms with van der Waals surface area (Å²) in [5.74, 6) is 0. The van der Waals surface area contributed by atoms with Crippen LogP contribution in [-0.2, 0) is 6.54 Å². The SMILES string of the molecule is CCn1c2ccccc2c2cc(-c3ccc([N+](=O)[O-])cc3)ccc21. The lowest BCUT2D eigenvalue weighted by atomic mass is 10.0. The van der Waals surface area contributed by atoms with E-state index in [1.165, 1.54) is 21.8 Å². The number of fused-ring (bicyclic) bond motifs is 3. The molecular formula is C20H16N2O2. The van der Waals surface area contributed by atoms with Crippen LogP contribution >= 0.6 is 0 Å². The molecule has 4 rings (SSSR count). The Labute approximate surface area is 139 Å². The van der Waals surface area contributed by atoms with Gasteiger partial charge in [-0.1, -0.05) is 24.3 Å². The molecule has 0 unspecified atom stereocenters. The summed E-state index contributed by atoms with van der Waals surface area (Å²) >= 11 is 0. The smallest absolute Gasteiger partial charge is 0.269 e. The van der Waals surface area contributed by atoms with Gasteiger partial charge in [0.25, 0.3) is 5.69 Å². The fourth-order valence-corrected chi connectivity index (χ4v) is 3.35. The van der Waals surface area contributed by atoms with Crippen molar-refractivity contribution in [2.45, 2.75) is 13.5 Å². The van der Waals surface area contributed by atoms with Crippen LogP contribution in [-0.4, -0.2) is 9.49 Å². The monoisotopic (exact) mass is 316 g/mol. The van der Waals surface area contributed by atoms with E-state index in [1.807, 2.05) is 0 Å². The first-order valence-electron chi connectivity index (χ1n) is 7.95. The lowest BCUT2D eigenvalue weighted by Crippen LogP contribution is -1.92. The van der Waals surface area contributed by atoms with Gasteiger partial charge in [-0.15, -0.1) is 0 Å². The predicted molar refractivity (Wildman–Crippen MR) is 97.2 cm³/mol. The molecule has 0 amide bonds. The highest BCUT2D eigenvalue weighted by atomic mass is 16.6. The summed E-state index contributed by atoms with van der Waals surface area (Å²) in [4.78, 5) is 10.4. The van der Waals surface area contributed by atoms with E-state index >= 15 is 0 Å². The zero-order chi connectivity index (χ0) is 16.7. The lowest BCUT2D eigenvalue weighted by Gasteiger charge is -2.05. The molecule has 4 nitrogen and oxygen atoms in total. The molecule has 0 spiro atoms. The molecule has 0 aliphatic carbocycles. The molecule has 3 aromatic carbocycles. The molecule has 24 heavy (non-hydrogen) atoms. The third-order valence-electron chi connectivity index (χ3n) is 4.50. The van der Waals surface area contributed by atoms with Gasteiger partial charge in [0.1, 0.15) is 0 Å². The molecule has 4 heteroatoms. The molecule has 0 saturated heterocycles. The molecule has 0 fully saturated rings. The Morgan fingerprint density at radius 3 is 2.25 bits per heavy atom. The van der Waals surface area contributed by atoms with Gasteiger partial charge in [-0.2, -0.15) is 0 Å². The Morgan fingerprint density at radius 1 is 0.875 bits per heavy atom. The molecule has 0 bridgehead atoms. The summed E-state index contributed by atoms with van der Waals surface area (Å²) in [6, 6.07) is 21.5. The number of nitro benzene ring substituents is 1. The Hall–Kier alpha value is -3.14. The van der Waals surface area contributed by atoms with Crippen molar-refractivity contribution in [2.24, 2.45) is 0 Å². The number of nitro groups is 1. The normalized spacial score (nSPS) is 11.2. The fourth-order valence-electron chi connectivity index (χ4n) is 3.35. The third kappa shape index (κ3) is 2.15. The number of aromatic nitrogens is 1. The van der Waals surface area contributed by atoms with Gasteiger partial charge in [0.2, 0.25) is 0 Å². The van der Waals surface area contributed by atoms with Crippen LogP contribution in [0.15, 0.2) is 66.7 Å². The average Bonchev–Trinajstić information content (AvgIpc) is 2.95. The second-order valence-electron chi connectivity index (χ2n) is 5.80. The molecule has 0 aliphatic rings. The first-order chi connectivity index (χ1) is 11.7. The largest absolute Gasteiger partial charge is 0.341 e. The number of rotatable bonds is 3. The predicted octanol–water partition coefficient (Wildman–Crippen LogP) is 5.39. The maximum atomic E-state index is 10.8. The van der Waals surface area contributed by atoms with Crippen molar-refractivity contribution in [1.29, 1.82) is 0 Å². The Bertz CT molecular complexity index is 1060. The van der Waals surface area contributed by atoms with Crippen LogP contribution < -0.4 is 0 Å². The van der Waals surface area contributed by atoms with Gasteiger partial charge in [-0.05, 0) is 48.4 Å². The Morgan fingerprint density at radius 2 is 1.54 bits per heavy atom. The van der Waals surface area contributed by atoms with Gasteiger partial charge in [0.15, 0.2) is 0 Å². The zero-order valence-electron chi connectivity index (χ0n) is 13.3. The van der Waals surface area contributed by atoms with Gasteiger partial charge in [-0.25, -0.2) is 0 Å². The van der Waals surface area contributed by atoms with Crippen LogP contribution in [0.4, 0.5) is 5.69 Å². The summed E-state index contributed by atoms with van der Waals surface area (Å²) in [6.07, 6.45) is 0. The fraction of sp³-hybridized carbons (Fsp3) is 0.100. The van der Waals surface area contributed by atoms with Gasteiger partial charge in [0.05, 0.1) is 4.92 Å². The number of hydrogen-bond acceptors (Lipinski definition) is 2. The van der Waals surface area contributed by atoms with Crippen molar-refractivity contribution in [1.82, 2.24) is 4.57 Å². The molecule has 1 heterocycles. The molecule has 0 N–H and O–H groups in total. The van der Waals surface area contributed by atoms with Gasteiger partial charge in [-0.3, -0.25) is 10.1 Å². The van der Waals surface area contributed by atoms with E-state index < -0.39 is 0 Å². The van der Waals surface area contributed by atoms with Crippen molar-refractivity contribution in [3.8, 4) is 11.1 Å². The minimum Gasteiger partial charge on any atom is -0.341 e. The average molecular weight is 316 g/mol. The van der Waals surface area contributed by atoms with Crippen molar-refractivity contribution in [2.75, 3.05) is 0 Å². The van der Waals surface area contributed by atoms with Crippen molar-refractivity contribution in [3.63, 3.8) is 0 Å². The summed E-state index contributed by atoms with van der Waals surface area (Å²) in [7, 11) is 0. The highest BCUT2D eigenvalue weighted by molar-refractivity contribution is 6.09. The van der Waals surface area contributed by atoms with Gasteiger partial charge in [0, 0.05) is 40.5 Å². The number of aryl methyl sites for hydroxylation is 1. The minimum absolute atomic E-state index is 0.113. The third-order valence-corrected chi connectivity index (χ3v) is 4.50. The van der Waals surface area contributed by atoms with Gasteiger partial charge < -0.3 is 4.57 Å². The second-order valence-corrected chi connectivity index (χ2v) is 5.80. The first-order valence-corrected chi connectivity index (χ1v) is 7.95. The number of benzene rings is 3. The van der Waals surface area contributed by atoms with Crippen LogP contribution in [0.1, 0.15) is 6.92 Å². The highest BCUT2D eigenvalue weighted by Crippen LogP contribution is 2.33. The molecule has 4 aromatic rings. The topological polar surface area (TPSA) is 48.1 Å². The Kier molecular flexibility index (Phi) is 3.31. The zero-order valence-corrected chi connectivity index (χ0v) is 13.3. The highest BCUT2D eigenvalue weighted by Gasteiger charge is 2.11. The van der Waals surface area contributed by atoms with Crippen LogP contribution in [0.5, 0.6) is 0 Å². The second kappa shape index (κ2) is 5.49. The van der Waals surface area contributed by atoms with E-state index in [0.717, 1.165) is 17.7 Å². The number of para-hydroxylation sites is 1. The van der Waals surface area contributed by atoms with E-state index in [2.05, 4.69) is 54.0 Å². The molecule has 0 saturated carbocycles. The van der Waals surface area contributed by atoms with E-state index in [-0.39, 0.29) is 10.6 Å². The maximum Gasteiger partial charge on any atom is 0.269 e. The van der Waals surface area contributed by atoms with E-state index in [1.54, 1.807) is 24.3 Å². The van der Waals surface area contributed by atoms with E-state index in [4.69, 9.17) is 0 Å². The van der Waals surface area contributed by atoms with Crippen molar-refractivity contribution < 1.29 is 4.92 Å². The summed E-state index contributed by atoms with van der Waals surface area (Å²) < 4.78 is 2.31. The molecule has 0 radical (unpaired) electrons. The molecule has 118 valence electrons. The Balaban J connectivity index is 1.92. The number of hydrogen-bond donors (Lipinski definition) is 0. The number of nitrogens with zero attached hydrogens (tertiary/aromatic N) is 2. The lowest BCUT2D eigenvalue weighted by molar-refractivity contribution is -0.384. The van der Waals surface area contributed by atoms with Crippen LogP contribution in [0.3, 0.4) is 0 Å². The first kappa shape index (κ1) is 14.5. The molecule has 1 aromatic heterocycles. The van der Waals surface area contributed by atoms with Crippen LogP contribution in [0, 0.1) is 10.1 Å². The van der Waals surface area contributed by atoms with Crippen LogP contribution in [0.25, 0.3) is 32.9 Å². The van der Waals surface area contributed by atoms with E-state index in [9.17, 15) is 10.1 Å². The molecule has 0 atom stereocenters. The summed E-state index contributed by atoms with van der Waals surface area (Å²) in [5, 5.41) is 13.3. The maximum absolute atomic E-state index is 10.8. The van der Waals surface area contributed by atoms with Gasteiger partial charge >= 0.3 is 0 Å². The minimum atomic E-state index is -0.373. The molecular weight excluding hydrogens is 300 g/mol. The quantitative estimate of drug-likeness (QED) is 0.376. The summed E-state index contributed by atoms with van der Waals surface area (Å²) in [5.41, 5.74) is 4.61. The number of non-ortho nitro benzene ring substituents is 1. The van der Waals surface area contributed by atoms with E-state index in [0.29, 0.717) is 0 Å². The summed E-state index contributed by atoms with van der Waals surface area (Å²) in [6.45, 7) is 3.07. The van der Waals surface area contributed by atoms with Crippen molar-refractivity contribution >= 4 is 27.5 Å².